The quantitative estimate of drug-likeness (QED) is 0.437. The number of carbonyl (C=O) groups excluding carboxylic acids is 2. The number of rotatable bonds is 6. The molecule has 2 aromatic rings. The van der Waals surface area contributed by atoms with Crippen LogP contribution in [0.15, 0.2) is 48.5 Å². The van der Waals surface area contributed by atoms with Gasteiger partial charge in [0.05, 0.1) is 0 Å². The van der Waals surface area contributed by atoms with Crippen molar-refractivity contribution in [2.75, 3.05) is 0 Å². The third-order valence-corrected chi connectivity index (χ3v) is 4.58. The molecule has 0 radical (unpaired) electrons. The van der Waals surface area contributed by atoms with Crippen LogP contribution < -0.4 is 9.47 Å². The van der Waals surface area contributed by atoms with Crippen molar-refractivity contribution in [2.45, 2.75) is 40.5 Å². The Kier molecular flexibility index (Phi) is 5.97. The maximum atomic E-state index is 12.8. The number of para-hydroxylation sites is 2. The normalized spacial score (nSPS) is 11.0. The van der Waals surface area contributed by atoms with E-state index in [1.807, 2.05) is 38.1 Å². The van der Waals surface area contributed by atoms with Crippen LogP contribution >= 0.6 is 0 Å². The number of esters is 2. The monoisotopic (exact) mass is 340 g/mol. The Morgan fingerprint density at radius 3 is 1.44 bits per heavy atom. The highest BCUT2D eigenvalue weighted by molar-refractivity contribution is 6.01. The number of carbonyl (C=O) groups is 2. The van der Waals surface area contributed by atoms with E-state index < -0.39 is 17.4 Å². The number of benzene rings is 2. The molecule has 0 aliphatic carbocycles. The van der Waals surface area contributed by atoms with Gasteiger partial charge in [-0.15, -0.1) is 0 Å². The largest absolute Gasteiger partial charge is 0.425 e. The Morgan fingerprint density at radius 1 is 0.760 bits per heavy atom. The minimum Gasteiger partial charge on any atom is -0.425 e. The van der Waals surface area contributed by atoms with Crippen molar-refractivity contribution in [1.29, 1.82) is 0 Å². The molecule has 0 aliphatic rings. The molecule has 0 aromatic heterocycles. The molecule has 2 rings (SSSR count). The van der Waals surface area contributed by atoms with Crippen LogP contribution in [-0.4, -0.2) is 11.9 Å². The Balaban J connectivity index is 2.27. The Labute approximate surface area is 148 Å². The van der Waals surface area contributed by atoms with E-state index in [0.717, 1.165) is 11.1 Å². The van der Waals surface area contributed by atoms with Crippen molar-refractivity contribution in [2.24, 2.45) is 5.41 Å². The predicted molar refractivity (Wildman–Crippen MR) is 96.6 cm³/mol. The highest BCUT2D eigenvalue weighted by atomic mass is 16.6. The zero-order chi connectivity index (χ0) is 18.4. The first-order valence-electron chi connectivity index (χ1n) is 8.50. The summed E-state index contributed by atoms with van der Waals surface area (Å²) in [5, 5.41) is 0. The molecular formula is C21H24O4. The molecule has 0 bridgehead atoms. The van der Waals surface area contributed by atoms with Crippen molar-refractivity contribution in [1.82, 2.24) is 0 Å². The summed E-state index contributed by atoms with van der Waals surface area (Å²) in [6, 6.07) is 14.5. The summed E-state index contributed by atoms with van der Waals surface area (Å²) in [4.78, 5) is 25.7. The second kappa shape index (κ2) is 7.97. The molecule has 0 saturated carbocycles. The molecule has 0 unspecified atom stereocenters. The molecule has 25 heavy (non-hydrogen) atoms. The third kappa shape index (κ3) is 3.90. The van der Waals surface area contributed by atoms with E-state index in [4.69, 9.17) is 9.47 Å². The first-order valence-corrected chi connectivity index (χ1v) is 8.50. The fourth-order valence-corrected chi connectivity index (χ4v) is 2.65. The summed E-state index contributed by atoms with van der Waals surface area (Å²) in [6.45, 7) is 7.30. The second-order valence-corrected chi connectivity index (χ2v) is 6.10. The smallest absolute Gasteiger partial charge is 0.328 e. The summed E-state index contributed by atoms with van der Waals surface area (Å²) < 4.78 is 11.1. The summed E-state index contributed by atoms with van der Waals surface area (Å²) in [7, 11) is 0. The van der Waals surface area contributed by atoms with Gasteiger partial charge in [0.1, 0.15) is 11.5 Å². The molecule has 0 saturated heterocycles. The molecular weight excluding hydrogens is 316 g/mol. The van der Waals surface area contributed by atoms with Crippen LogP contribution in [0.5, 0.6) is 11.5 Å². The van der Waals surface area contributed by atoms with E-state index in [1.165, 1.54) is 0 Å². The minimum absolute atomic E-state index is 0.304. The zero-order valence-electron chi connectivity index (χ0n) is 15.2. The predicted octanol–water partition coefficient (Wildman–Crippen LogP) is 4.62. The molecule has 0 N–H and O–H groups in total. The summed E-state index contributed by atoms with van der Waals surface area (Å²) in [5.74, 6) is -0.235. The minimum atomic E-state index is -1.33. The SMILES string of the molecule is CCC(CC)(C(=O)Oc1ccccc1C)C(=O)Oc1ccccc1C. The van der Waals surface area contributed by atoms with Crippen molar-refractivity contribution in [3.8, 4) is 11.5 Å². The molecule has 2 aromatic carbocycles. The molecule has 132 valence electrons. The lowest BCUT2D eigenvalue weighted by atomic mass is 9.82. The molecule has 0 aliphatic heterocycles. The van der Waals surface area contributed by atoms with Gasteiger partial charge in [-0.3, -0.25) is 9.59 Å². The summed E-state index contributed by atoms with van der Waals surface area (Å²) in [5.41, 5.74) is 0.346. The van der Waals surface area contributed by atoms with Crippen LogP contribution in [0.1, 0.15) is 37.8 Å². The highest BCUT2D eigenvalue weighted by Gasteiger charge is 2.46. The Hall–Kier alpha value is -2.62. The van der Waals surface area contributed by atoms with Crippen LogP contribution in [0.2, 0.25) is 0 Å². The van der Waals surface area contributed by atoms with Gasteiger partial charge in [0.2, 0.25) is 0 Å². The van der Waals surface area contributed by atoms with E-state index >= 15 is 0 Å². The van der Waals surface area contributed by atoms with E-state index in [0.29, 0.717) is 24.3 Å². The average Bonchev–Trinajstić information content (AvgIpc) is 2.60. The number of aryl methyl sites for hydroxylation is 2. The Morgan fingerprint density at radius 2 is 1.12 bits per heavy atom. The van der Waals surface area contributed by atoms with Gasteiger partial charge in [-0.05, 0) is 49.9 Å². The van der Waals surface area contributed by atoms with Gasteiger partial charge < -0.3 is 9.47 Å². The lowest BCUT2D eigenvalue weighted by Crippen LogP contribution is -2.44. The van der Waals surface area contributed by atoms with Crippen molar-refractivity contribution >= 4 is 11.9 Å². The fraction of sp³-hybridized carbons (Fsp3) is 0.333. The number of hydrogen-bond donors (Lipinski definition) is 0. The molecule has 4 nitrogen and oxygen atoms in total. The molecule has 0 atom stereocenters. The zero-order valence-corrected chi connectivity index (χ0v) is 15.2. The third-order valence-electron chi connectivity index (χ3n) is 4.58. The van der Waals surface area contributed by atoms with Gasteiger partial charge in [0, 0.05) is 0 Å². The van der Waals surface area contributed by atoms with Crippen LogP contribution in [0.25, 0.3) is 0 Å². The molecule has 0 heterocycles. The molecule has 0 fully saturated rings. The van der Waals surface area contributed by atoms with E-state index in [9.17, 15) is 9.59 Å². The molecule has 4 heteroatoms. The first-order chi connectivity index (χ1) is 11.9. The van der Waals surface area contributed by atoms with Crippen LogP contribution in [0, 0.1) is 19.3 Å². The van der Waals surface area contributed by atoms with Gasteiger partial charge in [0.25, 0.3) is 0 Å². The topological polar surface area (TPSA) is 52.6 Å². The van der Waals surface area contributed by atoms with Gasteiger partial charge in [0.15, 0.2) is 5.41 Å². The highest BCUT2D eigenvalue weighted by Crippen LogP contribution is 2.33. The summed E-state index contributed by atoms with van der Waals surface area (Å²) >= 11 is 0. The maximum absolute atomic E-state index is 12.8. The molecule has 0 amide bonds. The first kappa shape index (κ1) is 18.7. The standard InChI is InChI=1S/C21H24O4/c1-5-21(6-2,19(22)24-17-13-9-7-11-15(17)3)20(23)25-18-14-10-8-12-16(18)4/h7-14H,5-6H2,1-4H3. The van der Waals surface area contributed by atoms with Crippen LogP contribution in [-0.2, 0) is 9.59 Å². The van der Waals surface area contributed by atoms with Gasteiger partial charge in [-0.1, -0.05) is 50.2 Å². The van der Waals surface area contributed by atoms with Crippen molar-refractivity contribution in [3.63, 3.8) is 0 Å². The van der Waals surface area contributed by atoms with Gasteiger partial charge in [-0.2, -0.15) is 0 Å². The lowest BCUT2D eigenvalue weighted by molar-refractivity contribution is -0.161. The fourth-order valence-electron chi connectivity index (χ4n) is 2.65. The molecule has 0 spiro atoms. The van der Waals surface area contributed by atoms with Crippen LogP contribution in [0.4, 0.5) is 0 Å². The van der Waals surface area contributed by atoms with Crippen molar-refractivity contribution < 1.29 is 19.1 Å². The van der Waals surface area contributed by atoms with E-state index in [-0.39, 0.29) is 0 Å². The summed E-state index contributed by atoms with van der Waals surface area (Å²) in [6.07, 6.45) is 0.609. The van der Waals surface area contributed by atoms with E-state index in [1.54, 1.807) is 38.1 Å². The Bertz CT molecular complexity index is 698. The average molecular weight is 340 g/mol. The van der Waals surface area contributed by atoms with E-state index in [2.05, 4.69) is 0 Å². The maximum Gasteiger partial charge on any atom is 0.328 e. The van der Waals surface area contributed by atoms with Crippen molar-refractivity contribution in [3.05, 3.63) is 59.7 Å². The van der Waals surface area contributed by atoms with Gasteiger partial charge >= 0.3 is 11.9 Å². The van der Waals surface area contributed by atoms with Gasteiger partial charge in [-0.25, -0.2) is 0 Å². The number of ether oxygens (including phenoxy) is 2. The second-order valence-electron chi connectivity index (χ2n) is 6.10. The lowest BCUT2D eigenvalue weighted by Gasteiger charge is -2.27. The number of hydrogen-bond acceptors (Lipinski definition) is 4. The van der Waals surface area contributed by atoms with Crippen LogP contribution in [0.3, 0.4) is 0 Å².